The highest BCUT2D eigenvalue weighted by molar-refractivity contribution is 6.20. The lowest BCUT2D eigenvalue weighted by Crippen LogP contribution is -2.47. The van der Waals surface area contributed by atoms with E-state index in [1.807, 2.05) is 23.1 Å². The highest BCUT2D eigenvalue weighted by Gasteiger charge is 2.33. The fourth-order valence-electron chi connectivity index (χ4n) is 4.02. The summed E-state index contributed by atoms with van der Waals surface area (Å²) >= 11 is 0. The molecule has 146 valence electrons. The Morgan fingerprint density at radius 1 is 1.11 bits per heavy atom. The Labute approximate surface area is 164 Å². The van der Waals surface area contributed by atoms with Gasteiger partial charge in [-0.1, -0.05) is 12.1 Å². The number of halogens is 1. The van der Waals surface area contributed by atoms with Crippen LogP contribution in [0, 0.1) is 5.82 Å². The average Bonchev–Trinajstić information content (AvgIpc) is 2.85. The quantitative estimate of drug-likeness (QED) is 0.821. The molecule has 2 aromatic carbocycles. The molecule has 6 heteroatoms. The molecule has 1 amide bonds. The van der Waals surface area contributed by atoms with Crippen LogP contribution in [0.25, 0.3) is 0 Å². The number of likely N-dealkylation sites (tertiary alicyclic amines) is 1. The summed E-state index contributed by atoms with van der Waals surface area (Å²) in [6.07, 6.45) is 1.81. The Hall–Kier alpha value is -2.73. The topological polar surface area (TPSA) is 45.1 Å². The predicted octanol–water partition coefficient (Wildman–Crippen LogP) is 3.11. The maximum Gasteiger partial charge on any atom is 0.248 e. The zero-order valence-corrected chi connectivity index (χ0v) is 16.2. The summed E-state index contributed by atoms with van der Waals surface area (Å²) in [5.41, 5.74) is 2.40. The van der Waals surface area contributed by atoms with Gasteiger partial charge in [0.05, 0.1) is 18.5 Å². The van der Waals surface area contributed by atoms with E-state index in [1.165, 1.54) is 6.07 Å². The molecule has 0 N–H and O–H groups in total. The number of benzodiazepines with no additional fused rings is 1. The second-order valence-corrected chi connectivity index (χ2v) is 7.33. The number of hydrogen-bond donors (Lipinski definition) is 0. The molecule has 0 radical (unpaired) electrons. The highest BCUT2D eigenvalue weighted by atomic mass is 19.1. The Bertz CT molecular complexity index is 920. The number of methoxy groups -OCH3 is 1. The standard InChI is InChI=1S/C22H24FN3O2/c1-25-11-9-15(10-12-25)26-20-8-7-16(28-2)13-18(20)22(24-14-21(26)27)17-5-3-4-6-19(17)23/h3-8,13,15H,9-12,14H2,1-2H3. The van der Waals surface area contributed by atoms with Gasteiger partial charge in [0.25, 0.3) is 0 Å². The fourth-order valence-corrected chi connectivity index (χ4v) is 4.02. The van der Waals surface area contributed by atoms with Gasteiger partial charge in [-0.15, -0.1) is 0 Å². The molecule has 28 heavy (non-hydrogen) atoms. The minimum Gasteiger partial charge on any atom is -0.497 e. The van der Waals surface area contributed by atoms with Gasteiger partial charge in [0, 0.05) is 17.2 Å². The van der Waals surface area contributed by atoms with Gasteiger partial charge in [0.2, 0.25) is 5.91 Å². The molecule has 2 aromatic rings. The molecule has 0 spiro atoms. The van der Waals surface area contributed by atoms with Crippen LogP contribution in [0.3, 0.4) is 0 Å². The van der Waals surface area contributed by atoms with Gasteiger partial charge in [-0.3, -0.25) is 9.79 Å². The Morgan fingerprint density at radius 3 is 2.57 bits per heavy atom. The average molecular weight is 381 g/mol. The fraction of sp³-hybridized carbons (Fsp3) is 0.364. The van der Waals surface area contributed by atoms with Gasteiger partial charge in [-0.2, -0.15) is 0 Å². The molecule has 0 aliphatic carbocycles. The number of hydrogen-bond acceptors (Lipinski definition) is 4. The van der Waals surface area contributed by atoms with Crippen molar-refractivity contribution in [1.82, 2.24) is 4.90 Å². The van der Waals surface area contributed by atoms with Crippen molar-refractivity contribution in [3.8, 4) is 5.75 Å². The smallest absolute Gasteiger partial charge is 0.248 e. The third-order valence-electron chi connectivity index (χ3n) is 5.54. The van der Waals surface area contributed by atoms with Crippen molar-refractivity contribution in [2.75, 3.05) is 38.7 Å². The van der Waals surface area contributed by atoms with E-state index in [1.54, 1.807) is 25.3 Å². The molecule has 0 bridgehead atoms. The van der Waals surface area contributed by atoms with E-state index in [4.69, 9.17) is 4.74 Å². The number of fused-ring (bicyclic) bond motifs is 1. The molecule has 0 saturated carbocycles. The van der Waals surface area contributed by atoms with E-state index < -0.39 is 0 Å². The normalized spacial score (nSPS) is 18.5. The Balaban J connectivity index is 1.84. The van der Waals surface area contributed by atoms with Crippen molar-refractivity contribution < 1.29 is 13.9 Å². The molecule has 0 aromatic heterocycles. The molecule has 1 fully saturated rings. The van der Waals surface area contributed by atoms with Crippen molar-refractivity contribution in [3.05, 3.63) is 59.4 Å². The molecule has 2 heterocycles. The maximum absolute atomic E-state index is 14.6. The van der Waals surface area contributed by atoms with E-state index in [9.17, 15) is 9.18 Å². The monoisotopic (exact) mass is 381 g/mol. The number of carbonyl (C=O) groups is 1. The van der Waals surface area contributed by atoms with Crippen molar-refractivity contribution in [3.63, 3.8) is 0 Å². The molecule has 2 aliphatic heterocycles. The van der Waals surface area contributed by atoms with E-state index in [-0.39, 0.29) is 24.3 Å². The van der Waals surface area contributed by atoms with E-state index in [0.29, 0.717) is 17.0 Å². The minimum absolute atomic E-state index is 0.00695. The lowest BCUT2D eigenvalue weighted by Gasteiger charge is -2.37. The molecule has 0 unspecified atom stereocenters. The number of benzene rings is 2. The zero-order chi connectivity index (χ0) is 19.7. The van der Waals surface area contributed by atoms with E-state index in [2.05, 4.69) is 16.9 Å². The van der Waals surface area contributed by atoms with E-state index in [0.717, 1.165) is 37.2 Å². The summed E-state index contributed by atoms with van der Waals surface area (Å²) in [5.74, 6) is 0.253. The van der Waals surface area contributed by atoms with Crippen LogP contribution in [0.4, 0.5) is 10.1 Å². The lowest BCUT2D eigenvalue weighted by atomic mass is 9.97. The number of anilines is 1. The van der Waals surface area contributed by atoms with E-state index >= 15 is 0 Å². The Morgan fingerprint density at radius 2 is 1.86 bits per heavy atom. The first kappa shape index (κ1) is 18.6. The number of ether oxygens (including phenoxy) is 1. The first-order valence-corrected chi connectivity index (χ1v) is 9.57. The summed E-state index contributed by atoms with van der Waals surface area (Å²) in [6, 6.07) is 12.3. The van der Waals surface area contributed by atoms with Crippen LogP contribution in [0.15, 0.2) is 47.5 Å². The largest absolute Gasteiger partial charge is 0.497 e. The third-order valence-corrected chi connectivity index (χ3v) is 5.54. The van der Waals surface area contributed by atoms with Crippen LogP contribution in [0.1, 0.15) is 24.0 Å². The van der Waals surface area contributed by atoms with Gasteiger partial charge in [0.1, 0.15) is 18.1 Å². The number of amides is 1. The first-order valence-electron chi connectivity index (χ1n) is 9.57. The van der Waals surface area contributed by atoms with Crippen LogP contribution >= 0.6 is 0 Å². The van der Waals surface area contributed by atoms with Crippen molar-refractivity contribution in [2.24, 2.45) is 4.99 Å². The molecule has 0 atom stereocenters. The summed E-state index contributed by atoms with van der Waals surface area (Å²) in [5, 5.41) is 0. The van der Waals surface area contributed by atoms with Gasteiger partial charge in [0.15, 0.2) is 0 Å². The van der Waals surface area contributed by atoms with Crippen molar-refractivity contribution in [2.45, 2.75) is 18.9 Å². The van der Waals surface area contributed by atoms with Crippen molar-refractivity contribution in [1.29, 1.82) is 0 Å². The molecular formula is C22H24FN3O2. The molecule has 4 rings (SSSR count). The summed E-state index contributed by atoms with van der Waals surface area (Å²) < 4.78 is 20.0. The lowest BCUT2D eigenvalue weighted by molar-refractivity contribution is -0.117. The zero-order valence-electron chi connectivity index (χ0n) is 16.2. The summed E-state index contributed by atoms with van der Waals surface area (Å²) in [4.78, 5) is 21.7. The van der Waals surface area contributed by atoms with Crippen LogP contribution in [0.2, 0.25) is 0 Å². The van der Waals surface area contributed by atoms with Crippen LogP contribution in [0.5, 0.6) is 5.75 Å². The molecular weight excluding hydrogens is 357 g/mol. The molecule has 5 nitrogen and oxygen atoms in total. The van der Waals surface area contributed by atoms with Crippen molar-refractivity contribution >= 4 is 17.3 Å². The Kier molecular flexibility index (Phi) is 5.13. The second-order valence-electron chi connectivity index (χ2n) is 7.33. The number of nitrogens with zero attached hydrogens (tertiary/aromatic N) is 3. The molecule has 1 saturated heterocycles. The predicted molar refractivity (Wildman–Crippen MR) is 108 cm³/mol. The number of aliphatic imine (C=N–C) groups is 1. The summed E-state index contributed by atoms with van der Waals surface area (Å²) in [6.45, 7) is 1.90. The van der Waals surface area contributed by atoms with Crippen LogP contribution < -0.4 is 9.64 Å². The number of piperidine rings is 1. The minimum atomic E-state index is -0.352. The first-order chi connectivity index (χ1) is 13.6. The number of rotatable bonds is 3. The SMILES string of the molecule is COc1ccc2c(c1)C(c1ccccc1F)=NCC(=O)N2C1CCN(C)CC1. The highest BCUT2D eigenvalue weighted by Crippen LogP contribution is 2.34. The van der Waals surface area contributed by atoms with Crippen LogP contribution in [-0.2, 0) is 4.79 Å². The van der Waals surface area contributed by atoms with Gasteiger partial charge < -0.3 is 14.5 Å². The third kappa shape index (κ3) is 3.40. The summed E-state index contributed by atoms with van der Waals surface area (Å²) in [7, 11) is 3.69. The van der Waals surface area contributed by atoms with Gasteiger partial charge >= 0.3 is 0 Å². The maximum atomic E-state index is 14.6. The van der Waals surface area contributed by atoms with Gasteiger partial charge in [-0.05, 0) is 63.3 Å². The number of carbonyl (C=O) groups excluding carboxylic acids is 1. The van der Waals surface area contributed by atoms with Gasteiger partial charge in [-0.25, -0.2) is 4.39 Å². The van der Waals surface area contributed by atoms with Crippen LogP contribution in [-0.4, -0.2) is 56.4 Å². The second kappa shape index (κ2) is 7.72. The molecule has 2 aliphatic rings.